The molecule has 7 heteroatoms. The van der Waals surface area contributed by atoms with Gasteiger partial charge in [0, 0.05) is 34.8 Å². The lowest BCUT2D eigenvalue weighted by Crippen LogP contribution is -2.37. The number of aryl methyl sites for hydroxylation is 1. The predicted octanol–water partition coefficient (Wildman–Crippen LogP) is 4.27. The molecule has 31 heavy (non-hydrogen) atoms. The second kappa shape index (κ2) is 7.14. The van der Waals surface area contributed by atoms with E-state index in [-0.39, 0.29) is 5.56 Å². The molecule has 0 unspecified atom stereocenters. The Bertz CT molecular complexity index is 1500. The summed E-state index contributed by atoms with van der Waals surface area (Å²) in [6.07, 6.45) is 0. The second-order valence-corrected chi connectivity index (χ2v) is 8.67. The third-order valence-corrected chi connectivity index (χ3v) is 6.73. The van der Waals surface area contributed by atoms with Crippen LogP contribution in [-0.2, 0) is 4.74 Å². The highest BCUT2D eigenvalue weighted by Gasteiger charge is 2.21. The lowest BCUT2D eigenvalue weighted by Gasteiger charge is -2.28. The van der Waals surface area contributed by atoms with Gasteiger partial charge in [-0.1, -0.05) is 54.1 Å². The monoisotopic (exact) mass is 428 g/mol. The van der Waals surface area contributed by atoms with Gasteiger partial charge in [-0.05, 0) is 12.5 Å². The van der Waals surface area contributed by atoms with E-state index in [4.69, 9.17) is 14.8 Å². The Morgan fingerprint density at radius 3 is 2.52 bits per heavy atom. The third-order valence-electron chi connectivity index (χ3n) is 5.86. The summed E-state index contributed by atoms with van der Waals surface area (Å²) < 4.78 is 7.00. The summed E-state index contributed by atoms with van der Waals surface area (Å²) in [6.45, 7) is 4.87. The molecule has 154 valence electrons. The average Bonchev–Trinajstić information content (AvgIpc) is 3.24. The van der Waals surface area contributed by atoms with Crippen molar-refractivity contribution >= 4 is 43.8 Å². The van der Waals surface area contributed by atoms with Crippen LogP contribution in [0.25, 0.3) is 37.8 Å². The number of hydrogen-bond acceptors (Lipinski definition) is 6. The van der Waals surface area contributed by atoms with E-state index in [1.807, 2.05) is 23.6 Å². The van der Waals surface area contributed by atoms with Crippen molar-refractivity contribution < 1.29 is 4.74 Å². The van der Waals surface area contributed by atoms with Gasteiger partial charge in [-0.3, -0.25) is 4.79 Å². The molecule has 0 aliphatic carbocycles. The largest absolute Gasteiger partial charge is 0.378 e. The van der Waals surface area contributed by atoms with Gasteiger partial charge in [0.1, 0.15) is 4.83 Å². The minimum Gasteiger partial charge on any atom is -0.378 e. The first-order chi connectivity index (χ1) is 15.2. The average molecular weight is 429 g/mol. The van der Waals surface area contributed by atoms with E-state index >= 15 is 0 Å². The van der Waals surface area contributed by atoms with E-state index in [2.05, 4.69) is 42.2 Å². The molecular weight excluding hydrogens is 408 g/mol. The van der Waals surface area contributed by atoms with Crippen LogP contribution in [0.1, 0.15) is 5.56 Å². The van der Waals surface area contributed by atoms with Crippen molar-refractivity contribution in [1.82, 2.24) is 14.6 Å². The maximum atomic E-state index is 13.7. The van der Waals surface area contributed by atoms with E-state index in [1.165, 1.54) is 21.4 Å². The summed E-state index contributed by atoms with van der Waals surface area (Å²) in [7, 11) is 0. The van der Waals surface area contributed by atoms with Crippen LogP contribution >= 0.6 is 11.3 Å². The van der Waals surface area contributed by atoms with Gasteiger partial charge in [-0.15, -0.1) is 16.4 Å². The summed E-state index contributed by atoms with van der Waals surface area (Å²) in [4.78, 5) is 21.5. The number of benzene rings is 2. The number of anilines is 1. The number of ether oxygens (including phenoxy) is 1. The molecule has 0 N–H and O–H groups in total. The van der Waals surface area contributed by atoms with Gasteiger partial charge in [0.2, 0.25) is 0 Å². The van der Waals surface area contributed by atoms with E-state index in [0.29, 0.717) is 24.2 Å². The summed E-state index contributed by atoms with van der Waals surface area (Å²) in [5.74, 6) is 0.807. The number of nitrogens with zero attached hydrogens (tertiary/aromatic N) is 4. The Morgan fingerprint density at radius 2 is 1.74 bits per heavy atom. The van der Waals surface area contributed by atoms with E-state index < -0.39 is 0 Å². The minimum absolute atomic E-state index is 0.128. The van der Waals surface area contributed by atoms with Gasteiger partial charge in [0.25, 0.3) is 5.56 Å². The molecular formula is C24H20N4O2S. The molecule has 0 bridgehead atoms. The highest BCUT2D eigenvalue weighted by atomic mass is 32.1. The van der Waals surface area contributed by atoms with Crippen molar-refractivity contribution in [2.75, 3.05) is 31.2 Å². The SMILES string of the molecule is Cc1ccc(-c2csc3nc4c5ccccc5c(N5CCOCC5)nn4c(=O)c23)cc1. The topological polar surface area (TPSA) is 59.7 Å². The Balaban J connectivity index is 1.67. The molecule has 0 atom stereocenters. The normalized spacial score (nSPS) is 14.7. The van der Waals surface area contributed by atoms with Gasteiger partial charge in [0.05, 0.1) is 18.6 Å². The van der Waals surface area contributed by atoms with Gasteiger partial charge in [-0.2, -0.15) is 4.52 Å². The predicted molar refractivity (Wildman–Crippen MR) is 125 cm³/mol. The van der Waals surface area contributed by atoms with Crippen molar-refractivity contribution in [2.24, 2.45) is 0 Å². The molecule has 2 aromatic carbocycles. The number of thiophene rings is 1. The highest BCUT2D eigenvalue weighted by Crippen LogP contribution is 2.33. The second-order valence-electron chi connectivity index (χ2n) is 7.82. The zero-order chi connectivity index (χ0) is 20.9. The maximum Gasteiger partial charge on any atom is 0.283 e. The quantitative estimate of drug-likeness (QED) is 0.393. The van der Waals surface area contributed by atoms with Crippen LogP contribution < -0.4 is 10.5 Å². The zero-order valence-corrected chi connectivity index (χ0v) is 17.9. The molecule has 0 amide bonds. The first-order valence-corrected chi connectivity index (χ1v) is 11.2. The molecule has 0 radical (unpaired) electrons. The number of aromatic nitrogens is 3. The summed E-state index contributed by atoms with van der Waals surface area (Å²) in [5, 5.41) is 9.41. The Labute approximate surface area is 182 Å². The van der Waals surface area contributed by atoms with Crippen LogP contribution in [0.5, 0.6) is 0 Å². The Kier molecular flexibility index (Phi) is 4.26. The molecule has 6 nitrogen and oxygen atoms in total. The number of fused-ring (bicyclic) bond motifs is 4. The molecule has 4 heterocycles. The van der Waals surface area contributed by atoms with Crippen molar-refractivity contribution in [3.63, 3.8) is 0 Å². The van der Waals surface area contributed by atoms with Crippen LogP contribution in [0, 0.1) is 6.92 Å². The van der Waals surface area contributed by atoms with Crippen molar-refractivity contribution in [3.8, 4) is 11.1 Å². The van der Waals surface area contributed by atoms with Crippen LogP contribution in [0.3, 0.4) is 0 Å². The highest BCUT2D eigenvalue weighted by molar-refractivity contribution is 7.17. The molecule has 1 aliphatic rings. The molecule has 6 rings (SSSR count). The van der Waals surface area contributed by atoms with Crippen LogP contribution in [0.15, 0.2) is 58.7 Å². The lowest BCUT2D eigenvalue weighted by atomic mass is 10.1. The first-order valence-electron chi connectivity index (χ1n) is 10.3. The molecule has 0 saturated carbocycles. The van der Waals surface area contributed by atoms with Crippen molar-refractivity contribution in [3.05, 3.63) is 69.8 Å². The van der Waals surface area contributed by atoms with E-state index in [1.54, 1.807) is 0 Å². The molecule has 5 aromatic rings. The smallest absolute Gasteiger partial charge is 0.283 e. The number of morpholine rings is 1. The Hall–Kier alpha value is -3.29. The fourth-order valence-corrected chi connectivity index (χ4v) is 5.16. The van der Waals surface area contributed by atoms with Crippen molar-refractivity contribution in [2.45, 2.75) is 6.92 Å². The summed E-state index contributed by atoms with van der Waals surface area (Å²) in [6, 6.07) is 16.3. The fraction of sp³-hybridized carbons (Fsp3) is 0.208. The fourth-order valence-electron chi connectivity index (χ4n) is 4.23. The summed E-state index contributed by atoms with van der Waals surface area (Å²) >= 11 is 1.50. The van der Waals surface area contributed by atoms with Crippen LogP contribution in [0.4, 0.5) is 5.82 Å². The molecule has 0 spiro atoms. The van der Waals surface area contributed by atoms with Gasteiger partial charge >= 0.3 is 0 Å². The van der Waals surface area contributed by atoms with Gasteiger partial charge in [0.15, 0.2) is 11.5 Å². The molecule has 1 fully saturated rings. The third kappa shape index (κ3) is 2.92. The number of rotatable bonds is 2. The Morgan fingerprint density at radius 1 is 1.00 bits per heavy atom. The minimum atomic E-state index is -0.128. The van der Waals surface area contributed by atoms with Gasteiger partial charge < -0.3 is 9.64 Å². The lowest BCUT2D eigenvalue weighted by molar-refractivity contribution is 0.122. The van der Waals surface area contributed by atoms with Crippen LogP contribution in [0.2, 0.25) is 0 Å². The summed E-state index contributed by atoms with van der Waals surface area (Å²) in [5.41, 5.74) is 3.59. The van der Waals surface area contributed by atoms with Crippen LogP contribution in [-0.4, -0.2) is 40.9 Å². The van der Waals surface area contributed by atoms with Crippen molar-refractivity contribution in [1.29, 1.82) is 0 Å². The standard InChI is InChI=1S/C24H20N4O2S/c1-15-6-8-16(9-7-15)19-14-31-23-20(19)24(29)28-21(25-23)17-4-2-3-5-18(17)22(26-28)27-10-12-30-13-11-27/h2-9,14H,10-13H2,1H3. The van der Waals surface area contributed by atoms with E-state index in [9.17, 15) is 4.79 Å². The zero-order valence-electron chi connectivity index (χ0n) is 17.0. The first kappa shape index (κ1) is 18.5. The molecule has 1 aliphatic heterocycles. The maximum absolute atomic E-state index is 13.7. The van der Waals surface area contributed by atoms with Gasteiger partial charge in [-0.25, -0.2) is 4.98 Å². The molecule has 3 aromatic heterocycles. The molecule has 1 saturated heterocycles. The van der Waals surface area contributed by atoms with E-state index in [0.717, 1.165) is 45.6 Å². The number of hydrogen-bond donors (Lipinski definition) is 0.